The number of nitrogens with one attached hydrogen (secondary N) is 1. The van der Waals surface area contributed by atoms with Crippen LogP contribution >= 0.6 is 15.9 Å². The number of anilines is 1. The molecule has 0 spiro atoms. The number of rotatable bonds is 5. The van der Waals surface area contributed by atoms with E-state index in [1.54, 1.807) is 43.1 Å². The molecule has 0 saturated heterocycles. The Kier molecular flexibility index (Phi) is 14.0. The number of amides is 1. The topological polar surface area (TPSA) is 93.6 Å². The number of halogens is 1. The number of carbonyl (C=O) groups excluding carboxylic acids is 1. The summed E-state index contributed by atoms with van der Waals surface area (Å²) in [4.78, 5) is 32.3. The van der Waals surface area contributed by atoms with Gasteiger partial charge < -0.3 is 10.3 Å². The molecule has 1 aromatic carbocycles. The second-order valence-electron chi connectivity index (χ2n) is 8.75. The van der Waals surface area contributed by atoms with Crippen molar-refractivity contribution in [3.8, 4) is 34.0 Å². The summed E-state index contributed by atoms with van der Waals surface area (Å²) in [6.45, 7) is 2.02. The molecule has 0 aliphatic rings. The van der Waals surface area contributed by atoms with Gasteiger partial charge in [0.15, 0.2) is 0 Å². The molecule has 1 radical (unpaired) electrons. The normalized spacial score (nSPS) is 9.63. The summed E-state index contributed by atoms with van der Waals surface area (Å²) in [5, 5.41) is 3.06. The van der Waals surface area contributed by atoms with Gasteiger partial charge in [0.2, 0.25) is 5.91 Å². The Labute approximate surface area is 273 Å². The van der Waals surface area contributed by atoms with Crippen LogP contribution in [0.2, 0.25) is 0 Å². The maximum absolute atomic E-state index is 11.3. The molecular formula is C34H28BrN6OOs. The fourth-order valence-corrected chi connectivity index (χ4v) is 3.77. The number of benzene rings is 1. The van der Waals surface area contributed by atoms with Crippen molar-refractivity contribution in [3.05, 3.63) is 146 Å². The molecule has 0 bridgehead atoms. The van der Waals surface area contributed by atoms with E-state index in [4.69, 9.17) is 0 Å². The van der Waals surface area contributed by atoms with Crippen molar-refractivity contribution in [1.82, 2.24) is 24.9 Å². The molecule has 0 atom stereocenters. The Morgan fingerprint density at radius 2 is 1.12 bits per heavy atom. The summed E-state index contributed by atoms with van der Waals surface area (Å²) in [5.74, 6) is -0.0793. The summed E-state index contributed by atoms with van der Waals surface area (Å²) in [6, 6.07) is 35.7. The van der Waals surface area contributed by atoms with Crippen molar-refractivity contribution in [2.24, 2.45) is 0 Å². The summed E-state index contributed by atoms with van der Waals surface area (Å²) in [5.41, 5.74) is 7.27. The fourth-order valence-electron chi connectivity index (χ4n) is 3.63. The number of aromatic nitrogens is 5. The first-order chi connectivity index (χ1) is 20.6. The molecule has 0 unspecified atom stereocenters. The minimum atomic E-state index is -0.0793. The van der Waals surface area contributed by atoms with Crippen molar-refractivity contribution < 1.29 is 24.6 Å². The number of hydrogen-bond acceptors (Lipinski definition) is 6. The van der Waals surface area contributed by atoms with Crippen molar-refractivity contribution in [2.75, 3.05) is 10.6 Å². The van der Waals surface area contributed by atoms with E-state index >= 15 is 0 Å². The van der Waals surface area contributed by atoms with Gasteiger partial charge in [0.05, 0.1) is 28.1 Å². The molecule has 9 heteroatoms. The van der Waals surface area contributed by atoms with Crippen LogP contribution in [0.5, 0.6) is 0 Å². The predicted molar refractivity (Wildman–Crippen MR) is 171 cm³/mol. The van der Waals surface area contributed by atoms with Crippen LogP contribution in [-0.4, -0.2) is 36.2 Å². The third kappa shape index (κ3) is 11.0. The molecular weight excluding hydrogens is 779 g/mol. The fraction of sp³-hybridized carbons (Fsp3) is 0.0588. The summed E-state index contributed by atoms with van der Waals surface area (Å²) < 4.78 is 0. The molecule has 0 aliphatic carbocycles. The SMILES string of the molecule is Cc1ccnc(-c2[c-]ccc(NC(=O)CBr)c2)c1.[Os+].c1ccc(-c2ccccn2)nc1.c1ccc(-c2ccccn2)nc1. The monoisotopic (exact) mass is 807 g/mol. The Bertz CT molecular complexity index is 1510. The second-order valence-corrected chi connectivity index (χ2v) is 9.31. The molecule has 215 valence electrons. The number of alkyl halides is 1. The van der Waals surface area contributed by atoms with Gasteiger partial charge in [-0.05, 0) is 72.9 Å². The van der Waals surface area contributed by atoms with Crippen LogP contribution in [-0.2, 0) is 24.6 Å². The first-order valence-corrected chi connectivity index (χ1v) is 14.2. The van der Waals surface area contributed by atoms with E-state index in [2.05, 4.69) is 52.2 Å². The van der Waals surface area contributed by atoms with E-state index in [-0.39, 0.29) is 31.0 Å². The van der Waals surface area contributed by atoms with Crippen LogP contribution in [0, 0.1) is 13.0 Å². The van der Waals surface area contributed by atoms with Gasteiger partial charge >= 0.3 is 19.8 Å². The molecule has 1 amide bonds. The summed E-state index contributed by atoms with van der Waals surface area (Å²) in [6.07, 6.45) is 8.84. The van der Waals surface area contributed by atoms with Crippen molar-refractivity contribution in [2.45, 2.75) is 6.92 Å². The Morgan fingerprint density at radius 1 is 0.651 bits per heavy atom. The minimum Gasteiger partial charge on any atom is -0.343 e. The Hall–Kier alpha value is -4.44. The van der Waals surface area contributed by atoms with Crippen LogP contribution in [0.15, 0.2) is 134 Å². The quantitative estimate of drug-likeness (QED) is 0.144. The standard InChI is InChI=1S/C14H12BrN2O.2C10H8N2.Os/c1-10-5-6-16-13(7-10)11-3-2-4-12(8-11)17-14(18)9-15;2*1-3-7-11-9(5-1)10-6-2-4-8-12-10;/h2,4-8H,9H2,1H3,(H,17,18);2*1-8H;/q-1;;;+1. The van der Waals surface area contributed by atoms with E-state index in [1.807, 2.05) is 97.9 Å². The zero-order valence-electron chi connectivity index (χ0n) is 23.3. The van der Waals surface area contributed by atoms with Gasteiger partial charge in [0, 0.05) is 31.0 Å². The van der Waals surface area contributed by atoms with Crippen molar-refractivity contribution in [3.63, 3.8) is 0 Å². The van der Waals surface area contributed by atoms with E-state index in [0.717, 1.165) is 45.3 Å². The number of hydrogen-bond donors (Lipinski definition) is 1. The number of pyridine rings is 5. The third-order valence-corrected chi connectivity index (χ3v) is 6.09. The molecule has 43 heavy (non-hydrogen) atoms. The van der Waals surface area contributed by atoms with Gasteiger partial charge in [-0.1, -0.05) is 51.8 Å². The zero-order valence-corrected chi connectivity index (χ0v) is 27.4. The molecule has 5 heterocycles. The summed E-state index contributed by atoms with van der Waals surface area (Å²) >= 11 is 3.11. The molecule has 5 aromatic heterocycles. The summed E-state index contributed by atoms with van der Waals surface area (Å²) in [7, 11) is 0. The zero-order chi connectivity index (χ0) is 29.4. The van der Waals surface area contributed by atoms with Crippen LogP contribution in [0.1, 0.15) is 5.56 Å². The van der Waals surface area contributed by atoms with E-state index in [9.17, 15) is 4.79 Å². The Balaban J connectivity index is 0.000000180. The predicted octanol–water partition coefficient (Wildman–Crippen LogP) is 7.48. The van der Waals surface area contributed by atoms with Gasteiger partial charge in [0.1, 0.15) is 0 Å². The van der Waals surface area contributed by atoms with Gasteiger partial charge in [-0.2, -0.15) is 0 Å². The first-order valence-electron chi connectivity index (χ1n) is 13.1. The van der Waals surface area contributed by atoms with Crippen LogP contribution in [0.3, 0.4) is 0 Å². The van der Waals surface area contributed by atoms with E-state index < -0.39 is 0 Å². The van der Waals surface area contributed by atoms with Crippen LogP contribution in [0.4, 0.5) is 5.69 Å². The Morgan fingerprint density at radius 3 is 1.51 bits per heavy atom. The molecule has 7 nitrogen and oxygen atoms in total. The molecule has 6 aromatic rings. The van der Waals surface area contributed by atoms with Crippen LogP contribution < -0.4 is 5.32 Å². The molecule has 6 rings (SSSR count). The maximum Gasteiger partial charge on any atom is 1.00 e. The van der Waals surface area contributed by atoms with Crippen LogP contribution in [0.25, 0.3) is 34.0 Å². The molecule has 1 N–H and O–H groups in total. The molecule has 0 aliphatic heterocycles. The number of nitrogens with zero attached hydrogens (tertiary/aromatic N) is 5. The van der Waals surface area contributed by atoms with Gasteiger partial charge in [-0.15, -0.1) is 29.8 Å². The number of aryl methyl sites for hydroxylation is 1. The second kappa shape index (κ2) is 18.2. The molecule has 0 fully saturated rings. The van der Waals surface area contributed by atoms with Gasteiger partial charge in [0.25, 0.3) is 0 Å². The van der Waals surface area contributed by atoms with E-state index in [0.29, 0.717) is 0 Å². The smallest absolute Gasteiger partial charge is 0.343 e. The van der Waals surface area contributed by atoms with Crippen molar-refractivity contribution in [1.29, 1.82) is 0 Å². The average Bonchev–Trinajstić information content (AvgIpc) is 3.07. The molecule has 0 saturated carbocycles. The largest absolute Gasteiger partial charge is 1.00 e. The third-order valence-electron chi connectivity index (χ3n) is 5.58. The van der Waals surface area contributed by atoms with E-state index in [1.165, 1.54) is 0 Å². The minimum absolute atomic E-state index is 0. The van der Waals surface area contributed by atoms with Gasteiger partial charge in [-0.25, -0.2) is 0 Å². The average molecular weight is 807 g/mol. The maximum atomic E-state index is 11.3. The van der Waals surface area contributed by atoms with Gasteiger partial charge in [-0.3, -0.25) is 24.7 Å². The number of carbonyl (C=O) groups is 1. The first kappa shape index (κ1) is 33.1. The van der Waals surface area contributed by atoms with Crippen molar-refractivity contribution >= 4 is 27.5 Å².